The summed E-state index contributed by atoms with van der Waals surface area (Å²) in [4.78, 5) is 36.9. The summed E-state index contributed by atoms with van der Waals surface area (Å²) < 4.78 is 22.4. The molecule has 0 N–H and O–H groups in total. The first kappa shape index (κ1) is 55.0. The highest BCUT2D eigenvalue weighted by Gasteiger charge is 2.21. The van der Waals surface area contributed by atoms with Gasteiger partial charge in [0.1, 0.15) is 13.2 Å². The van der Waals surface area contributed by atoms with Gasteiger partial charge in [-0.05, 0) is 96.3 Å². The third-order valence-corrected chi connectivity index (χ3v) is 8.52. The maximum Gasteiger partial charge on any atom is 0.306 e. The standard InChI is InChI=1S/C50H79NO8/c1-6-8-10-12-14-16-18-20-21-22-23-24-25-26-27-29-31-33-35-37-39-41-48(53)59-46(45-58-50(49(54)55)56-43-42-51(3,4)5)44-57-47(52)40-38-36-34-32-30-28-19-17-15-13-11-9-7-2/h8-11,14-17,20-21,23-24,26-28,30-31,33,46,50H,6-7,12-13,18-19,22,25,29,32,34-45H2,1-5H3/b10-8-,11-9-,16-14-,17-15-,21-20-,24-23-,27-26-,30-28-,33-31-. The summed E-state index contributed by atoms with van der Waals surface area (Å²) in [6.07, 6.45) is 51.3. The maximum absolute atomic E-state index is 12.7. The van der Waals surface area contributed by atoms with E-state index in [-0.39, 0.29) is 32.7 Å². The molecule has 0 spiro atoms. The summed E-state index contributed by atoms with van der Waals surface area (Å²) >= 11 is 0. The van der Waals surface area contributed by atoms with Gasteiger partial charge in [-0.1, -0.05) is 130 Å². The number of hydrogen-bond donors (Lipinski definition) is 0. The molecular formula is C50H79NO8. The van der Waals surface area contributed by atoms with Gasteiger partial charge >= 0.3 is 11.9 Å². The predicted octanol–water partition coefficient (Wildman–Crippen LogP) is 10.3. The molecule has 0 radical (unpaired) electrons. The van der Waals surface area contributed by atoms with Crippen LogP contribution in [0.25, 0.3) is 0 Å². The molecule has 59 heavy (non-hydrogen) atoms. The van der Waals surface area contributed by atoms with Crippen LogP contribution in [0.5, 0.6) is 0 Å². The van der Waals surface area contributed by atoms with Gasteiger partial charge in [0.25, 0.3) is 0 Å². The summed E-state index contributed by atoms with van der Waals surface area (Å²) in [5, 5.41) is 11.7. The average Bonchev–Trinajstić information content (AvgIpc) is 3.19. The van der Waals surface area contributed by atoms with Gasteiger partial charge in [-0.25, -0.2) is 0 Å². The molecule has 0 rings (SSSR count). The number of esters is 2. The molecule has 0 heterocycles. The highest BCUT2D eigenvalue weighted by Crippen LogP contribution is 2.10. The number of unbranched alkanes of at least 4 members (excludes halogenated alkanes) is 5. The van der Waals surface area contributed by atoms with Gasteiger partial charge in [-0.15, -0.1) is 0 Å². The molecule has 0 aromatic carbocycles. The molecule has 0 fully saturated rings. The number of quaternary nitrogens is 1. The van der Waals surface area contributed by atoms with E-state index in [4.69, 9.17) is 18.9 Å². The van der Waals surface area contributed by atoms with Crippen molar-refractivity contribution in [3.05, 3.63) is 109 Å². The SMILES string of the molecule is CC/C=C\C/C=C\C/C=C\C/C=C\C/C=C\C/C=C\CCCCC(=O)OC(COC(=O)CCCCC/C=C\C/C=C\C/C=C\CC)COC(OCC[N+](C)(C)C)C(=O)[O-]. The second-order valence-electron chi connectivity index (χ2n) is 15.2. The lowest BCUT2D eigenvalue weighted by Crippen LogP contribution is -2.44. The number of carboxylic acid groups (broad SMARTS) is 1. The minimum atomic E-state index is -1.65. The number of ether oxygens (including phenoxy) is 4. The van der Waals surface area contributed by atoms with E-state index in [0.717, 1.165) is 89.9 Å². The van der Waals surface area contributed by atoms with Gasteiger partial charge in [-0.3, -0.25) is 9.59 Å². The van der Waals surface area contributed by atoms with Crippen molar-refractivity contribution < 1.29 is 42.9 Å². The first-order valence-corrected chi connectivity index (χ1v) is 22.0. The second kappa shape index (κ2) is 40.7. The molecule has 332 valence electrons. The summed E-state index contributed by atoms with van der Waals surface area (Å²) in [5.74, 6) is -2.41. The fourth-order valence-corrected chi connectivity index (χ4v) is 5.14. The third-order valence-electron chi connectivity index (χ3n) is 8.52. The fourth-order valence-electron chi connectivity index (χ4n) is 5.14. The molecule has 9 nitrogen and oxygen atoms in total. The topological polar surface area (TPSA) is 111 Å². The Balaban J connectivity index is 4.59. The van der Waals surface area contributed by atoms with Gasteiger partial charge in [0.05, 0.1) is 40.3 Å². The molecule has 2 unspecified atom stereocenters. The van der Waals surface area contributed by atoms with Gasteiger partial charge in [-0.2, -0.15) is 0 Å². The van der Waals surface area contributed by atoms with Crippen molar-refractivity contribution in [3.8, 4) is 0 Å². The number of allylic oxidation sites excluding steroid dienone is 18. The Bertz CT molecular complexity index is 1330. The average molecular weight is 822 g/mol. The Hall–Kier alpha value is -4.05. The normalized spacial score (nSPS) is 14.0. The maximum atomic E-state index is 12.7. The minimum absolute atomic E-state index is 0.127. The van der Waals surface area contributed by atoms with Crippen molar-refractivity contribution in [2.24, 2.45) is 0 Å². The van der Waals surface area contributed by atoms with Gasteiger partial charge < -0.3 is 33.3 Å². The lowest BCUT2D eigenvalue weighted by molar-refractivity contribution is -0.870. The molecule has 0 aliphatic carbocycles. The number of aliphatic carboxylic acids is 1. The summed E-state index contributed by atoms with van der Waals surface area (Å²) in [6, 6.07) is 0. The summed E-state index contributed by atoms with van der Waals surface area (Å²) in [7, 11) is 5.87. The van der Waals surface area contributed by atoms with Crippen LogP contribution < -0.4 is 5.11 Å². The Morgan fingerprint density at radius 1 is 0.508 bits per heavy atom. The van der Waals surface area contributed by atoms with Crippen LogP contribution in [0.2, 0.25) is 0 Å². The minimum Gasteiger partial charge on any atom is -0.545 e. The Labute approximate surface area is 358 Å². The van der Waals surface area contributed by atoms with E-state index in [0.29, 0.717) is 23.9 Å². The molecule has 0 bridgehead atoms. The quantitative estimate of drug-likeness (QED) is 0.0199. The number of carbonyl (C=O) groups is 3. The van der Waals surface area contributed by atoms with Crippen LogP contribution in [-0.2, 0) is 33.3 Å². The lowest BCUT2D eigenvalue weighted by Gasteiger charge is -2.26. The number of likely N-dealkylation sites (N-methyl/N-ethyl adjacent to an activating group) is 1. The number of rotatable bonds is 38. The van der Waals surface area contributed by atoms with Gasteiger partial charge in [0.2, 0.25) is 0 Å². The number of carboxylic acids is 1. The van der Waals surface area contributed by atoms with Crippen LogP contribution in [0, 0.1) is 0 Å². The molecule has 0 saturated heterocycles. The first-order chi connectivity index (χ1) is 28.6. The van der Waals surface area contributed by atoms with Crippen molar-refractivity contribution in [2.45, 2.75) is 142 Å². The largest absolute Gasteiger partial charge is 0.545 e. The Morgan fingerprint density at radius 2 is 0.915 bits per heavy atom. The molecular weight excluding hydrogens is 743 g/mol. The molecule has 0 aromatic heterocycles. The van der Waals surface area contributed by atoms with E-state index in [1.165, 1.54) is 0 Å². The second-order valence-corrected chi connectivity index (χ2v) is 15.2. The molecule has 0 aliphatic heterocycles. The highest BCUT2D eigenvalue weighted by molar-refractivity contribution is 5.70. The fraction of sp³-hybridized carbons (Fsp3) is 0.580. The van der Waals surface area contributed by atoms with E-state index < -0.39 is 30.3 Å². The third kappa shape index (κ3) is 41.9. The molecule has 0 aliphatic rings. The van der Waals surface area contributed by atoms with Crippen LogP contribution in [0.15, 0.2) is 109 Å². The summed E-state index contributed by atoms with van der Waals surface area (Å²) in [6.45, 7) is 4.38. The van der Waals surface area contributed by atoms with Crippen molar-refractivity contribution >= 4 is 17.9 Å². The zero-order valence-corrected chi connectivity index (χ0v) is 37.3. The van der Waals surface area contributed by atoms with Gasteiger partial charge in [0, 0.05) is 12.8 Å². The zero-order valence-electron chi connectivity index (χ0n) is 37.3. The van der Waals surface area contributed by atoms with Crippen molar-refractivity contribution in [1.29, 1.82) is 0 Å². The van der Waals surface area contributed by atoms with Crippen LogP contribution in [0.4, 0.5) is 0 Å². The number of carbonyl (C=O) groups excluding carboxylic acids is 3. The number of nitrogens with zero attached hydrogens (tertiary/aromatic N) is 1. The Kier molecular flexibility index (Phi) is 37.9. The van der Waals surface area contributed by atoms with Crippen LogP contribution in [-0.4, -0.2) is 82.3 Å². The number of hydrogen-bond acceptors (Lipinski definition) is 8. The molecule has 0 aromatic rings. The van der Waals surface area contributed by atoms with Crippen molar-refractivity contribution in [3.63, 3.8) is 0 Å². The van der Waals surface area contributed by atoms with Gasteiger partial charge in [0.15, 0.2) is 12.4 Å². The van der Waals surface area contributed by atoms with E-state index in [9.17, 15) is 19.5 Å². The summed E-state index contributed by atoms with van der Waals surface area (Å²) in [5.41, 5.74) is 0. The van der Waals surface area contributed by atoms with Crippen molar-refractivity contribution in [1.82, 2.24) is 0 Å². The first-order valence-electron chi connectivity index (χ1n) is 22.0. The monoisotopic (exact) mass is 822 g/mol. The van der Waals surface area contributed by atoms with Crippen molar-refractivity contribution in [2.75, 3.05) is 47.5 Å². The van der Waals surface area contributed by atoms with E-state index in [2.05, 4.69) is 123 Å². The zero-order chi connectivity index (χ0) is 43.5. The van der Waals surface area contributed by atoms with E-state index in [1.807, 2.05) is 21.1 Å². The molecule has 0 saturated carbocycles. The lowest BCUT2D eigenvalue weighted by atomic mass is 10.1. The van der Waals surface area contributed by atoms with E-state index in [1.54, 1.807) is 0 Å². The molecule has 9 heteroatoms. The molecule has 2 atom stereocenters. The van der Waals surface area contributed by atoms with E-state index >= 15 is 0 Å². The van der Waals surface area contributed by atoms with Crippen LogP contribution in [0.1, 0.15) is 129 Å². The smallest absolute Gasteiger partial charge is 0.306 e. The highest BCUT2D eigenvalue weighted by atomic mass is 16.7. The molecule has 0 amide bonds. The Morgan fingerprint density at radius 3 is 1.36 bits per heavy atom. The predicted molar refractivity (Wildman–Crippen MR) is 241 cm³/mol. The van der Waals surface area contributed by atoms with Crippen LogP contribution >= 0.6 is 0 Å². The van der Waals surface area contributed by atoms with Crippen LogP contribution in [0.3, 0.4) is 0 Å².